The van der Waals surface area contributed by atoms with Crippen LogP contribution in [0.5, 0.6) is 0 Å². The number of pyridine rings is 1. The minimum Gasteiger partial charge on any atom is -0.451 e. The van der Waals surface area contributed by atoms with Crippen molar-refractivity contribution in [3.05, 3.63) is 65.0 Å². The molecule has 1 aliphatic heterocycles. The zero-order valence-corrected chi connectivity index (χ0v) is 19.2. The minimum atomic E-state index is -0.284. The summed E-state index contributed by atoms with van der Waals surface area (Å²) in [6.45, 7) is 5.01. The van der Waals surface area contributed by atoms with Crippen LogP contribution in [0.3, 0.4) is 0 Å². The van der Waals surface area contributed by atoms with E-state index in [0.717, 1.165) is 39.9 Å². The Balaban J connectivity index is 1.35. The largest absolute Gasteiger partial charge is 0.451 e. The number of amides is 1. The van der Waals surface area contributed by atoms with E-state index in [-0.39, 0.29) is 5.91 Å². The number of fused-ring (bicyclic) bond motifs is 1. The summed E-state index contributed by atoms with van der Waals surface area (Å²) in [4.78, 5) is 24.3. The maximum Gasteiger partial charge on any atom is 0.291 e. The van der Waals surface area contributed by atoms with Gasteiger partial charge in [-0.05, 0) is 25.1 Å². The number of para-hydroxylation sites is 1. The summed E-state index contributed by atoms with van der Waals surface area (Å²) in [5.41, 5.74) is 3.19. The Hall–Kier alpha value is -2.88. The number of hydrogen-bond donors (Lipinski definition) is 1. The van der Waals surface area contributed by atoms with Crippen LogP contribution in [0.1, 0.15) is 21.8 Å². The van der Waals surface area contributed by atoms with Gasteiger partial charge in [0.1, 0.15) is 15.7 Å². The van der Waals surface area contributed by atoms with E-state index in [4.69, 9.17) is 9.15 Å². The van der Waals surface area contributed by atoms with E-state index in [1.54, 1.807) is 29.3 Å². The second-order valence-electron chi connectivity index (χ2n) is 7.41. The van der Waals surface area contributed by atoms with Gasteiger partial charge < -0.3 is 19.4 Å². The number of rotatable bonds is 6. The number of anilines is 2. The molecule has 9 heteroatoms. The van der Waals surface area contributed by atoms with Crippen LogP contribution in [0, 0.1) is 6.92 Å². The Labute approximate surface area is 193 Å². The van der Waals surface area contributed by atoms with Crippen LogP contribution < -0.4 is 10.2 Å². The summed E-state index contributed by atoms with van der Waals surface area (Å²) < 4.78 is 12.3. The highest BCUT2D eigenvalue weighted by molar-refractivity contribution is 8.00. The quantitative estimate of drug-likeness (QED) is 0.402. The standard InChI is InChI=1S/C23H22N4O3S2/c1-15-13-31-23(25-15)32-14-18-17-4-2-3-5-19(17)30-21(18)22(28)26-16-6-7-20(24-12-16)27-8-10-29-11-9-27/h2-7,12-13H,8-11,14H2,1H3,(H,26,28). The first kappa shape index (κ1) is 21.0. The van der Waals surface area contributed by atoms with Gasteiger partial charge in [0.15, 0.2) is 5.76 Å². The van der Waals surface area contributed by atoms with Crippen molar-refractivity contribution in [3.8, 4) is 0 Å². The highest BCUT2D eigenvalue weighted by Crippen LogP contribution is 2.33. The molecule has 1 aromatic carbocycles. The molecule has 1 fully saturated rings. The number of benzene rings is 1. The third-order valence-corrected chi connectivity index (χ3v) is 7.35. The number of ether oxygens (including phenoxy) is 1. The first-order chi connectivity index (χ1) is 15.7. The number of aryl methyl sites for hydroxylation is 1. The topological polar surface area (TPSA) is 80.5 Å². The summed E-state index contributed by atoms with van der Waals surface area (Å²) in [6.07, 6.45) is 1.68. The number of morpholine rings is 1. The van der Waals surface area contributed by atoms with Crippen LogP contribution in [0.15, 0.2) is 56.7 Å². The third kappa shape index (κ3) is 4.50. The molecule has 0 spiro atoms. The van der Waals surface area contributed by atoms with Gasteiger partial charge in [0, 0.05) is 40.9 Å². The van der Waals surface area contributed by atoms with Gasteiger partial charge in [0.25, 0.3) is 5.91 Å². The Morgan fingerprint density at radius 2 is 2.06 bits per heavy atom. The van der Waals surface area contributed by atoms with Crippen LogP contribution in [0.2, 0.25) is 0 Å². The summed E-state index contributed by atoms with van der Waals surface area (Å²) in [5.74, 6) is 1.52. The zero-order valence-electron chi connectivity index (χ0n) is 17.5. The second-order valence-corrected chi connectivity index (χ2v) is 9.49. The molecule has 1 aliphatic rings. The van der Waals surface area contributed by atoms with Crippen molar-refractivity contribution < 1.29 is 13.9 Å². The van der Waals surface area contributed by atoms with E-state index in [0.29, 0.717) is 36.0 Å². The molecule has 4 aromatic rings. The molecule has 0 aliphatic carbocycles. The monoisotopic (exact) mass is 466 g/mol. The van der Waals surface area contributed by atoms with Crippen LogP contribution in [0.25, 0.3) is 11.0 Å². The number of nitrogens with one attached hydrogen (secondary N) is 1. The molecule has 1 N–H and O–H groups in total. The predicted octanol–water partition coefficient (Wildman–Crippen LogP) is 4.97. The maximum atomic E-state index is 13.1. The van der Waals surface area contributed by atoms with Gasteiger partial charge in [-0.25, -0.2) is 9.97 Å². The lowest BCUT2D eigenvalue weighted by molar-refractivity contribution is 0.0997. The molecule has 1 saturated heterocycles. The fourth-order valence-electron chi connectivity index (χ4n) is 3.59. The number of nitrogens with zero attached hydrogens (tertiary/aromatic N) is 3. The molecule has 164 valence electrons. The molecule has 0 saturated carbocycles. The minimum absolute atomic E-state index is 0.284. The number of hydrogen-bond acceptors (Lipinski definition) is 8. The lowest BCUT2D eigenvalue weighted by Crippen LogP contribution is -2.36. The van der Waals surface area contributed by atoms with Crippen molar-refractivity contribution in [1.29, 1.82) is 0 Å². The number of furan rings is 1. The predicted molar refractivity (Wildman–Crippen MR) is 128 cm³/mol. The van der Waals surface area contributed by atoms with Gasteiger partial charge in [-0.1, -0.05) is 30.0 Å². The molecule has 32 heavy (non-hydrogen) atoms. The molecule has 0 atom stereocenters. The lowest BCUT2D eigenvalue weighted by atomic mass is 10.1. The number of aromatic nitrogens is 2. The molecule has 5 rings (SSSR count). The first-order valence-corrected chi connectivity index (χ1v) is 12.2. The Morgan fingerprint density at radius 3 is 2.81 bits per heavy atom. The molecule has 1 amide bonds. The Morgan fingerprint density at radius 1 is 1.22 bits per heavy atom. The van der Waals surface area contributed by atoms with E-state index in [1.165, 1.54) is 0 Å². The highest BCUT2D eigenvalue weighted by atomic mass is 32.2. The highest BCUT2D eigenvalue weighted by Gasteiger charge is 2.21. The fraction of sp³-hybridized carbons (Fsp3) is 0.261. The maximum absolute atomic E-state index is 13.1. The van der Waals surface area contributed by atoms with E-state index in [1.807, 2.05) is 48.7 Å². The summed E-state index contributed by atoms with van der Waals surface area (Å²) in [6, 6.07) is 11.5. The number of carbonyl (C=O) groups excluding carboxylic acids is 1. The molecule has 3 aromatic heterocycles. The molecule has 4 heterocycles. The van der Waals surface area contributed by atoms with Crippen LogP contribution in [0.4, 0.5) is 11.5 Å². The van der Waals surface area contributed by atoms with E-state index in [2.05, 4.69) is 20.2 Å². The average molecular weight is 467 g/mol. The van der Waals surface area contributed by atoms with E-state index < -0.39 is 0 Å². The third-order valence-electron chi connectivity index (χ3n) is 5.18. The number of thiazole rings is 1. The van der Waals surface area contributed by atoms with Crippen molar-refractivity contribution >= 4 is 51.5 Å². The Bertz CT molecular complexity index is 1230. The van der Waals surface area contributed by atoms with Crippen LogP contribution >= 0.6 is 23.1 Å². The van der Waals surface area contributed by atoms with Gasteiger partial charge in [-0.15, -0.1) is 11.3 Å². The van der Waals surface area contributed by atoms with Gasteiger partial charge in [0.2, 0.25) is 0 Å². The number of thioether (sulfide) groups is 1. The first-order valence-electron chi connectivity index (χ1n) is 10.3. The van der Waals surface area contributed by atoms with Crippen LogP contribution in [-0.2, 0) is 10.5 Å². The van der Waals surface area contributed by atoms with Crippen molar-refractivity contribution in [2.45, 2.75) is 17.0 Å². The zero-order chi connectivity index (χ0) is 21.9. The summed E-state index contributed by atoms with van der Waals surface area (Å²) in [7, 11) is 0. The van der Waals surface area contributed by atoms with E-state index >= 15 is 0 Å². The second kappa shape index (κ2) is 9.32. The van der Waals surface area contributed by atoms with Crippen molar-refractivity contribution in [1.82, 2.24) is 9.97 Å². The van der Waals surface area contributed by atoms with Gasteiger partial charge >= 0.3 is 0 Å². The average Bonchev–Trinajstić information content (AvgIpc) is 3.42. The molecule has 0 unspecified atom stereocenters. The fourth-order valence-corrected chi connectivity index (χ4v) is 5.46. The van der Waals surface area contributed by atoms with Crippen molar-refractivity contribution in [3.63, 3.8) is 0 Å². The van der Waals surface area contributed by atoms with Gasteiger partial charge in [-0.3, -0.25) is 4.79 Å². The molecule has 0 bridgehead atoms. The van der Waals surface area contributed by atoms with Crippen molar-refractivity contribution in [2.75, 3.05) is 36.5 Å². The smallest absolute Gasteiger partial charge is 0.291 e. The SMILES string of the molecule is Cc1csc(SCc2c(C(=O)Nc3ccc(N4CCOCC4)nc3)oc3ccccc23)n1. The summed E-state index contributed by atoms with van der Waals surface area (Å²) >= 11 is 3.22. The van der Waals surface area contributed by atoms with E-state index in [9.17, 15) is 4.79 Å². The Kier molecular flexibility index (Phi) is 6.11. The molecular weight excluding hydrogens is 444 g/mol. The molecule has 0 radical (unpaired) electrons. The summed E-state index contributed by atoms with van der Waals surface area (Å²) in [5, 5.41) is 5.90. The normalized spacial score (nSPS) is 14.1. The molecular formula is C23H22N4O3S2. The van der Waals surface area contributed by atoms with Crippen molar-refractivity contribution in [2.24, 2.45) is 0 Å². The molecule has 7 nitrogen and oxygen atoms in total. The van der Waals surface area contributed by atoms with Gasteiger partial charge in [0.05, 0.1) is 25.1 Å². The van der Waals surface area contributed by atoms with Gasteiger partial charge in [-0.2, -0.15) is 0 Å². The number of carbonyl (C=O) groups is 1. The lowest BCUT2D eigenvalue weighted by Gasteiger charge is -2.27. The van der Waals surface area contributed by atoms with Crippen LogP contribution in [-0.4, -0.2) is 42.2 Å².